The summed E-state index contributed by atoms with van der Waals surface area (Å²) in [5, 5.41) is 21.4. The van der Waals surface area contributed by atoms with Crippen LogP contribution in [-0.4, -0.2) is 59.4 Å². The number of allylic oxidation sites excluding steroid dienone is 1. The second kappa shape index (κ2) is 4.57. The van der Waals surface area contributed by atoms with E-state index in [-0.39, 0.29) is 18.7 Å². The van der Waals surface area contributed by atoms with E-state index in [9.17, 15) is 15.0 Å². The number of carbonyl (C=O) groups is 1. The maximum atomic E-state index is 11.4. The lowest BCUT2D eigenvalue weighted by molar-refractivity contribution is -0.230. The van der Waals surface area contributed by atoms with Gasteiger partial charge in [0.1, 0.15) is 24.4 Å². The van der Waals surface area contributed by atoms with E-state index in [0.29, 0.717) is 6.61 Å². The van der Waals surface area contributed by atoms with E-state index in [1.807, 2.05) is 13.8 Å². The zero-order chi connectivity index (χ0) is 16.6. The summed E-state index contributed by atoms with van der Waals surface area (Å²) in [6, 6.07) is 0. The number of fused-ring (bicyclic) bond motifs is 2. The highest BCUT2D eigenvalue weighted by molar-refractivity contribution is 5.66. The number of hydrogen-bond acceptors (Lipinski definition) is 6. The zero-order valence-electron chi connectivity index (χ0n) is 13.7. The Morgan fingerprint density at radius 3 is 2.78 bits per heavy atom. The number of ether oxygens (including phenoxy) is 3. The molecule has 2 N–H and O–H groups in total. The van der Waals surface area contributed by atoms with Gasteiger partial charge in [-0.3, -0.25) is 4.79 Å². The molecule has 6 heteroatoms. The number of epoxide rings is 1. The smallest absolute Gasteiger partial charge is 0.302 e. The first-order chi connectivity index (χ1) is 10.8. The second-order valence-electron chi connectivity index (χ2n) is 7.74. The van der Waals surface area contributed by atoms with E-state index >= 15 is 0 Å². The minimum Gasteiger partial charge on any atom is -0.465 e. The van der Waals surface area contributed by atoms with Crippen LogP contribution >= 0.6 is 0 Å². The molecule has 2 aliphatic carbocycles. The molecule has 2 bridgehead atoms. The number of hydrogen-bond donors (Lipinski definition) is 2. The minimum absolute atomic E-state index is 0.162. The average Bonchev–Trinajstić information content (AvgIpc) is 3.28. The Balaban J connectivity index is 1.85. The van der Waals surface area contributed by atoms with Crippen LogP contribution in [0.3, 0.4) is 0 Å². The lowest BCUT2D eigenvalue weighted by atomic mass is 9.51. The maximum absolute atomic E-state index is 11.4. The number of aliphatic hydroxyl groups is 2. The first-order valence-electron chi connectivity index (χ1n) is 8.25. The Labute approximate surface area is 135 Å². The third kappa shape index (κ3) is 1.65. The van der Waals surface area contributed by atoms with Crippen molar-refractivity contribution in [1.82, 2.24) is 0 Å². The predicted molar refractivity (Wildman–Crippen MR) is 79.5 cm³/mol. The van der Waals surface area contributed by atoms with Gasteiger partial charge in [-0.25, -0.2) is 0 Å². The zero-order valence-corrected chi connectivity index (χ0v) is 13.7. The normalized spacial score (nSPS) is 53.7. The molecule has 4 aliphatic rings. The second-order valence-corrected chi connectivity index (χ2v) is 7.74. The Bertz CT molecular complexity index is 582. The predicted octanol–water partition coefficient (Wildman–Crippen LogP) is 0.554. The lowest BCUT2D eigenvalue weighted by Gasteiger charge is -2.57. The molecule has 4 rings (SSSR count). The van der Waals surface area contributed by atoms with Crippen molar-refractivity contribution in [3.8, 4) is 0 Å². The standard InChI is InChI=1S/C17H24O6/c1-9-4-5-16(7-21-10(2)18)11(6-9)23-14-12(19)13(20)15(16,3)17(14)8-22-17/h6,11-14,19-20H,4-5,7-8H2,1-3H3/t11-,12+,13+,14+,15+,16+,17+/m0/s1. The van der Waals surface area contributed by atoms with Crippen molar-refractivity contribution in [2.75, 3.05) is 13.2 Å². The van der Waals surface area contributed by atoms with Gasteiger partial charge in [0.25, 0.3) is 0 Å². The van der Waals surface area contributed by atoms with Gasteiger partial charge >= 0.3 is 5.97 Å². The highest BCUT2D eigenvalue weighted by atomic mass is 16.6. The van der Waals surface area contributed by atoms with Gasteiger partial charge in [0, 0.05) is 17.8 Å². The van der Waals surface area contributed by atoms with Gasteiger partial charge in [-0.1, -0.05) is 18.6 Å². The molecule has 3 fully saturated rings. The summed E-state index contributed by atoms with van der Waals surface area (Å²) in [4.78, 5) is 11.4. The van der Waals surface area contributed by atoms with Crippen molar-refractivity contribution in [1.29, 1.82) is 0 Å². The molecular weight excluding hydrogens is 300 g/mol. The van der Waals surface area contributed by atoms with E-state index < -0.39 is 34.7 Å². The summed E-state index contributed by atoms with van der Waals surface area (Å²) < 4.78 is 17.4. The van der Waals surface area contributed by atoms with Crippen LogP contribution in [0.1, 0.15) is 33.6 Å². The summed E-state index contributed by atoms with van der Waals surface area (Å²) in [5.74, 6) is -0.353. The van der Waals surface area contributed by atoms with Crippen molar-refractivity contribution >= 4 is 5.97 Å². The van der Waals surface area contributed by atoms with Crippen LogP contribution in [0, 0.1) is 10.8 Å². The quantitative estimate of drug-likeness (QED) is 0.438. The molecule has 2 saturated heterocycles. The van der Waals surface area contributed by atoms with Crippen molar-refractivity contribution in [2.24, 2.45) is 10.8 Å². The molecule has 2 heterocycles. The third-order valence-corrected chi connectivity index (χ3v) is 6.83. The highest BCUT2D eigenvalue weighted by Crippen LogP contribution is 2.71. The minimum atomic E-state index is -0.990. The molecule has 0 aromatic rings. The van der Waals surface area contributed by atoms with Gasteiger partial charge in [-0.15, -0.1) is 0 Å². The summed E-state index contributed by atoms with van der Waals surface area (Å²) in [7, 11) is 0. The fourth-order valence-electron chi connectivity index (χ4n) is 5.26. The molecule has 0 unspecified atom stereocenters. The topological polar surface area (TPSA) is 88.5 Å². The van der Waals surface area contributed by atoms with Crippen molar-refractivity contribution in [3.63, 3.8) is 0 Å². The maximum Gasteiger partial charge on any atom is 0.302 e. The van der Waals surface area contributed by atoms with Crippen LogP contribution in [0.5, 0.6) is 0 Å². The van der Waals surface area contributed by atoms with Crippen LogP contribution in [-0.2, 0) is 19.0 Å². The third-order valence-electron chi connectivity index (χ3n) is 6.83. The van der Waals surface area contributed by atoms with E-state index in [1.54, 1.807) is 0 Å². The van der Waals surface area contributed by atoms with Gasteiger partial charge in [0.15, 0.2) is 0 Å². The van der Waals surface area contributed by atoms with Crippen LogP contribution in [0.25, 0.3) is 0 Å². The van der Waals surface area contributed by atoms with Crippen LogP contribution in [0.4, 0.5) is 0 Å². The first kappa shape index (κ1) is 15.6. The Kier molecular flexibility index (Phi) is 3.09. The van der Waals surface area contributed by atoms with Crippen LogP contribution in [0.15, 0.2) is 11.6 Å². The molecule has 0 aromatic carbocycles. The van der Waals surface area contributed by atoms with Gasteiger partial charge in [0.05, 0.1) is 18.8 Å². The Morgan fingerprint density at radius 2 is 2.17 bits per heavy atom. The molecular formula is C17H24O6. The fourth-order valence-corrected chi connectivity index (χ4v) is 5.26. The molecule has 1 spiro atoms. The molecule has 128 valence electrons. The van der Waals surface area contributed by atoms with E-state index in [2.05, 4.69) is 6.08 Å². The largest absolute Gasteiger partial charge is 0.465 e. The van der Waals surface area contributed by atoms with E-state index in [4.69, 9.17) is 14.2 Å². The molecule has 2 aliphatic heterocycles. The highest BCUT2D eigenvalue weighted by Gasteiger charge is 2.84. The summed E-state index contributed by atoms with van der Waals surface area (Å²) in [5.41, 5.74) is -0.781. The van der Waals surface area contributed by atoms with Crippen LogP contribution in [0.2, 0.25) is 0 Å². The van der Waals surface area contributed by atoms with Crippen molar-refractivity contribution in [3.05, 3.63) is 11.6 Å². The van der Waals surface area contributed by atoms with Gasteiger partial charge in [-0.05, 0) is 19.8 Å². The SMILES string of the molecule is CC(=O)OC[C@]12CCC(C)=C[C@@H]1O[C@@H]1[C@H](O)[C@@H](O)[C@@]2(C)[C@@]12CO2. The molecule has 0 aromatic heterocycles. The Morgan fingerprint density at radius 1 is 1.48 bits per heavy atom. The number of aliphatic hydroxyl groups excluding tert-OH is 2. The van der Waals surface area contributed by atoms with Crippen molar-refractivity contribution in [2.45, 2.75) is 63.6 Å². The number of carbonyl (C=O) groups excluding carboxylic acids is 1. The average molecular weight is 324 g/mol. The van der Waals surface area contributed by atoms with Crippen LogP contribution < -0.4 is 0 Å². The summed E-state index contributed by atoms with van der Waals surface area (Å²) in [6.07, 6.45) is 0.829. The van der Waals surface area contributed by atoms with Gasteiger partial charge in [0.2, 0.25) is 0 Å². The summed E-state index contributed by atoms with van der Waals surface area (Å²) in [6.45, 7) is 6.01. The number of rotatable bonds is 2. The van der Waals surface area contributed by atoms with E-state index in [0.717, 1.165) is 12.8 Å². The molecule has 0 radical (unpaired) electrons. The molecule has 6 nitrogen and oxygen atoms in total. The van der Waals surface area contributed by atoms with Crippen molar-refractivity contribution < 1.29 is 29.2 Å². The molecule has 0 amide bonds. The monoisotopic (exact) mass is 324 g/mol. The molecule has 7 atom stereocenters. The van der Waals surface area contributed by atoms with Gasteiger partial charge < -0.3 is 24.4 Å². The van der Waals surface area contributed by atoms with E-state index in [1.165, 1.54) is 12.5 Å². The first-order valence-corrected chi connectivity index (χ1v) is 8.25. The fraction of sp³-hybridized carbons (Fsp3) is 0.824. The lowest BCUT2D eigenvalue weighted by Crippen LogP contribution is -2.66. The van der Waals surface area contributed by atoms with Gasteiger partial charge in [-0.2, -0.15) is 0 Å². The summed E-state index contributed by atoms with van der Waals surface area (Å²) >= 11 is 0. The molecule has 23 heavy (non-hydrogen) atoms. The number of esters is 1. The Hall–Kier alpha value is -0.950. The molecule has 1 saturated carbocycles.